The van der Waals surface area contributed by atoms with Gasteiger partial charge in [0.2, 0.25) is 0 Å². The number of hydrogen-bond acceptors (Lipinski definition) is 2. The molecule has 2 heteroatoms. The van der Waals surface area contributed by atoms with Crippen LogP contribution in [0.5, 0.6) is 0 Å². The Labute approximate surface area is 101 Å². The predicted octanol–water partition coefficient (Wildman–Crippen LogP) is 2.77. The molecular weight excluding hydrogens is 196 g/mol. The molecule has 0 spiro atoms. The fraction of sp³-hybridized carbons (Fsp3) is 1.00. The third kappa shape index (κ3) is 2.43. The third-order valence-corrected chi connectivity index (χ3v) is 4.77. The Morgan fingerprint density at radius 1 is 1.19 bits per heavy atom. The van der Waals surface area contributed by atoms with Crippen molar-refractivity contribution in [2.24, 2.45) is 11.1 Å². The quantitative estimate of drug-likeness (QED) is 0.798. The summed E-state index contributed by atoms with van der Waals surface area (Å²) in [5, 5.41) is 0. The van der Waals surface area contributed by atoms with Gasteiger partial charge in [-0.25, -0.2) is 0 Å². The topological polar surface area (TPSA) is 29.3 Å². The summed E-state index contributed by atoms with van der Waals surface area (Å²) in [5.74, 6) is 0. The van der Waals surface area contributed by atoms with Gasteiger partial charge in [0.15, 0.2) is 0 Å². The molecule has 1 aliphatic carbocycles. The molecule has 2 N–H and O–H groups in total. The van der Waals surface area contributed by atoms with E-state index in [1.165, 1.54) is 51.5 Å². The van der Waals surface area contributed by atoms with E-state index in [1.807, 2.05) is 0 Å². The molecule has 2 atom stereocenters. The SMILES string of the molecule is CC1(C)CCCC1N1CCCCC1CCN. The van der Waals surface area contributed by atoms with Crippen LogP contribution in [-0.2, 0) is 0 Å². The molecule has 0 bridgehead atoms. The van der Waals surface area contributed by atoms with Gasteiger partial charge in [0.1, 0.15) is 0 Å². The molecule has 2 unspecified atom stereocenters. The second-order valence-corrected chi connectivity index (χ2v) is 6.36. The van der Waals surface area contributed by atoms with Crippen molar-refractivity contribution >= 4 is 0 Å². The molecular formula is C14H28N2. The first-order valence-corrected chi connectivity index (χ1v) is 7.11. The lowest BCUT2D eigenvalue weighted by Gasteiger charge is -2.45. The molecule has 1 heterocycles. The molecule has 2 fully saturated rings. The first-order valence-electron chi connectivity index (χ1n) is 7.11. The molecule has 2 nitrogen and oxygen atoms in total. The Kier molecular flexibility index (Phi) is 3.91. The van der Waals surface area contributed by atoms with Crippen LogP contribution in [-0.4, -0.2) is 30.1 Å². The van der Waals surface area contributed by atoms with E-state index in [-0.39, 0.29) is 0 Å². The second-order valence-electron chi connectivity index (χ2n) is 6.36. The molecule has 1 aliphatic heterocycles. The number of hydrogen-bond donors (Lipinski definition) is 1. The molecule has 2 aliphatic rings. The summed E-state index contributed by atoms with van der Waals surface area (Å²) < 4.78 is 0. The minimum Gasteiger partial charge on any atom is -0.330 e. The fourth-order valence-electron chi connectivity index (χ4n) is 3.86. The Morgan fingerprint density at radius 2 is 2.00 bits per heavy atom. The maximum Gasteiger partial charge on any atom is 0.0149 e. The van der Waals surface area contributed by atoms with Crippen LogP contribution in [0.2, 0.25) is 0 Å². The molecule has 0 radical (unpaired) electrons. The van der Waals surface area contributed by atoms with E-state index in [9.17, 15) is 0 Å². The van der Waals surface area contributed by atoms with Crippen LogP contribution in [0, 0.1) is 5.41 Å². The highest BCUT2D eigenvalue weighted by Gasteiger charge is 2.41. The van der Waals surface area contributed by atoms with Crippen molar-refractivity contribution in [3.63, 3.8) is 0 Å². The number of likely N-dealkylation sites (tertiary alicyclic amines) is 1. The van der Waals surface area contributed by atoms with Crippen LogP contribution in [0.1, 0.15) is 58.8 Å². The Morgan fingerprint density at radius 3 is 2.62 bits per heavy atom. The zero-order valence-corrected chi connectivity index (χ0v) is 11.0. The molecule has 0 amide bonds. The van der Waals surface area contributed by atoms with Crippen molar-refractivity contribution in [3.8, 4) is 0 Å². The van der Waals surface area contributed by atoms with E-state index in [0.29, 0.717) is 5.41 Å². The molecule has 16 heavy (non-hydrogen) atoms. The lowest BCUT2D eigenvalue weighted by Crippen LogP contribution is -2.50. The molecule has 94 valence electrons. The van der Waals surface area contributed by atoms with Crippen molar-refractivity contribution in [1.82, 2.24) is 4.90 Å². The van der Waals surface area contributed by atoms with Crippen LogP contribution >= 0.6 is 0 Å². The Balaban J connectivity index is 2.04. The van der Waals surface area contributed by atoms with E-state index in [2.05, 4.69) is 18.7 Å². The zero-order chi connectivity index (χ0) is 11.6. The normalized spacial score (nSPS) is 35.4. The average Bonchev–Trinajstić information content (AvgIpc) is 2.59. The van der Waals surface area contributed by atoms with Crippen LogP contribution in [0.3, 0.4) is 0 Å². The Hall–Kier alpha value is -0.0800. The molecule has 1 saturated carbocycles. The van der Waals surface area contributed by atoms with Crippen LogP contribution in [0.4, 0.5) is 0 Å². The summed E-state index contributed by atoms with van der Waals surface area (Å²) in [4.78, 5) is 2.81. The van der Waals surface area contributed by atoms with Crippen LogP contribution < -0.4 is 5.73 Å². The van der Waals surface area contributed by atoms with E-state index in [1.54, 1.807) is 0 Å². The van der Waals surface area contributed by atoms with Crippen LogP contribution in [0.15, 0.2) is 0 Å². The van der Waals surface area contributed by atoms with Gasteiger partial charge in [-0.05, 0) is 50.6 Å². The molecule has 0 aromatic heterocycles. The summed E-state index contributed by atoms with van der Waals surface area (Å²) in [5.41, 5.74) is 6.29. The van der Waals surface area contributed by atoms with Crippen molar-refractivity contribution in [2.45, 2.75) is 70.9 Å². The number of piperidine rings is 1. The summed E-state index contributed by atoms with van der Waals surface area (Å²) >= 11 is 0. The summed E-state index contributed by atoms with van der Waals surface area (Å²) in [6.07, 6.45) is 9.62. The minimum absolute atomic E-state index is 0.532. The van der Waals surface area contributed by atoms with Gasteiger partial charge in [-0.1, -0.05) is 26.7 Å². The summed E-state index contributed by atoms with van der Waals surface area (Å²) in [6, 6.07) is 1.60. The van der Waals surface area contributed by atoms with Gasteiger partial charge in [-0.15, -0.1) is 0 Å². The highest BCUT2D eigenvalue weighted by atomic mass is 15.2. The standard InChI is InChI=1S/C14H28N2/c1-14(2)9-5-7-13(14)16-11-4-3-6-12(16)8-10-15/h12-13H,3-11,15H2,1-2H3. The molecule has 0 aromatic carbocycles. The lowest BCUT2D eigenvalue weighted by atomic mass is 9.84. The lowest BCUT2D eigenvalue weighted by molar-refractivity contribution is 0.0411. The summed E-state index contributed by atoms with van der Waals surface area (Å²) in [6.45, 7) is 7.09. The van der Waals surface area contributed by atoms with Crippen molar-refractivity contribution in [2.75, 3.05) is 13.1 Å². The maximum atomic E-state index is 5.76. The van der Waals surface area contributed by atoms with E-state index >= 15 is 0 Å². The first kappa shape index (κ1) is 12.4. The van der Waals surface area contributed by atoms with Gasteiger partial charge < -0.3 is 5.73 Å². The number of nitrogens with zero attached hydrogens (tertiary/aromatic N) is 1. The van der Waals surface area contributed by atoms with Gasteiger partial charge in [-0.2, -0.15) is 0 Å². The summed E-state index contributed by atoms with van der Waals surface area (Å²) in [7, 11) is 0. The van der Waals surface area contributed by atoms with E-state index in [4.69, 9.17) is 5.73 Å². The number of nitrogens with two attached hydrogens (primary N) is 1. The van der Waals surface area contributed by atoms with Gasteiger partial charge in [-0.3, -0.25) is 4.90 Å². The van der Waals surface area contributed by atoms with Gasteiger partial charge in [0.05, 0.1) is 0 Å². The fourth-order valence-corrected chi connectivity index (χ4v) is 3.86. The van der Waals surface area contributed by atoms with Crippen LogP contribution in [0.25, 0.3) is 0 Å². The highest BCUT2D eigenvalue weighted by molar-refractivity contribution is 4.95. The van der Waals surface area contributed by atoms with Crippen molar-refractivity contribution < 1.29 is 0 Å². The maximum absolute atomic E-state index is 5.76. The minimum atomic E-state index is 0.532. The third-order valence-electron chi connectivity index (χ3n) is 4.77. The largest absolute Gasteiger partial charge is 0.330 e. The average molecular weight is 224 g/mol. The van der Waals surface area contributed by atoms with Gasteiger partial charge in [0.25, 0.3) is 0 Å². The van der Waals surface area contributed by atoms with Crippen molar-refractivity contribution in [1.29, 1.82) is 0 Å². The molecule has 0 aromatic rings. The van der Waals surface area contributed by atoms with Crippen molar-refractivity contribution in [3.05, 3.63) is 0 Å². The molecule has 1 saturated heterocycles. The van der Waals surface area contributed by atoms with Gasteiger partial charge in [0, 0.05) is 12.1 Å². The number of rotatable bonds is 3. The van der Waals surface area contributed by atoms with Gasteiger partial charge >= 0.3 is 0 Å². The first-order chi connectivity index (χ1) is 7.65. The van der Waals surface area contributed by atoms with E-state index in [0.717, 1.165) is 18.6 Å². The predicted molar refractivity (Wildman–Crippen MR) is 69.4 cm³/mol. The molecule has 2 rings (SSSR count). The van der Waals surface area contributed by atoms with E-state index < -0.39 is 0 Å². The Bertz CT molecular complexity index is 223. The smallest absolute Gasteiger partial charge is 0.0149 e. The highest BCUT2D eigenvalue weighted by Crippen LogP contribution is 2.42. The zero-order valence-electron chi connectivity index (χ0n) is 11.0. The second kappa shape index (κ2) is 5.05. The monoisotopic (exact) mass is 224 g/mol.